The Morgan fingerprint density at radius 2 is 1.81 bits per heavy atom. The van der Waals surface area contributed by atoms with Crippen LogP contribution in [0.2, 0.25) is 0 Å². The van der Waals surface area contributed by atoms with Gasteiger partial charge in [-0.2, -0.15) is 0 Å². The van der Waals surface area contributed by atoms with Gasteiger partial charge in [0.15, 0.2) is 0 Å². The van der Waals surface area contributed by atoms with Crippen molar-refractivity contribution in [2.75, 3.05) is 40.5 Å². The van der Waals surface area contributed by atoms with Gasteiger partial charge in [0.25, 0.3) is 5.91 Å². The van der Waals surface area contributed by atoms with Crippen LogP contribution in [0.1, 0.15) is 48.9 Å². The zero-order valence-electron chi connectivity index (χ0n) is 19.1. The molecule has 32 heavy (non-hydrogen) atoms. The van der Waals surface area contributed by atoms with E-state index in [9.17, 15) is 14.4 Å². The molecule has 1 aliphatic carbocycles. The molecular weight excluding hydrogens is 410 g/mol. The van der Waals surface area contributed by atoms with Crippen LogP contribution >= 0.6 is 0 Å². The Bertz CT molecular complexity index is 786. The van der Waals surface area contributed by atoms with Crippen LogP contribution in [-0.4, -0.2) is 69.1 Å². The summed E-state index contributed by atoms with van der Waals surface area (Å²) in [4.78, 5) is 40.6. The number of amides is 3. The van der Waals surface area contributed by atoms with Crippen LogP contribution in [0.15, 0.2) is 24.3 Å². The first-order chi connectivity index (χ1) is 15.5. The normalized spacial score (nSPS) is 18.2. The molecule has 0 radical (unpaired) electrons. The molecule has 8 heteroatoms. The van der Waals surface area contributed by atoms with Gasteiger partial charge in [0.1, 0.15) is 11.8 Å². The fourth-order valence-corrected chi connectivity index (χ4v) is 4.66. The molecule has 0 aromatic heterocycles. The standard InChI is InChI=1S/C24H35N3O5/c1-31-15-12-25-23(29)21(26-22(28)19-8-5-9-20(16-19)32-2)17-10-13-27(14-11-17)24(30)18-6-3-4-7-18/h5,8-9,16-18,21H,3-4,6-7,10-15H2,1-2H3,(H,25,29)(H,26,28). The highest BCUT2D eigenvalue weighted by Gasteiger charge is 2.35. The Morgan fingerprint density at radius 1 is 1.09 bits per heavy atom. The molecule has 1 aliphatic heterocycles. The van der Waals surface area contributed by atoms with Crippen LogP contribution in [0.4, 0.5) is 0 Å². The fraction of sp³-hybridized carbons (Fsp3) is 0.625. The Labute approximate surface area is 190 Å². The topological polar surface area (TPSA) is 97.0 Å². The molecule has 8 nitrogen and oxygen atoms in total. The Kier molecular flexibility index (Phi) is 8.90. The van der Waals surface area contributed by atoms with Crippen LogP contribution in [-0.2, 0) is 14.3 Å². The summed E-state index contributed by atoms with van der Waals surface area (Å²) < 4.78 is 10.2. The van der Waals surface area contributed by atoms with Gasteiger partial charge in [-0.15, -0.1) is 0 Å². The molecule has 2 aliphatic rings. The van der Waals surface area contributed by atoms with Crippen molar-refractivity contribution in [1.82, 2.24) is 15.5 Å². The third kappa shape index (κ3) is 6.22. The van der Waals surface area contributed by atoms with E-state index >= 15 is 0 Å². The van der Waals surface area contributed by atoms with Crippen molar-refractivity contribution < 1.29 is 23.9 Å². The highest BCUT2D eigenvalue weighted by Crippen LogP contribution is 2.29. The van der Waals surface area contributed by atoms with E-state index < -0.39 is 6.04 Å². The number of nitrogens with one attached hydrogen (secondary N) is 2. The van der Waals surface area contributed by atoms with Gasteiger partial charge in [-0.1, -0.05) is 18.9 Å². The zero-order valence-corrected chi connectivity index (χ0v) is 19.1. The number of ether oxygens (including phenoxy) is 2. The second-order valence-electron chi connectivity index (χ2n) is 8.61. The van der Waals surface area contributed by atoms with E-state index in [2.05, 4.69) is 10.6 Å². The number of piperidine rings is 1. The number of hydrogen-bond acceptors (Lipinski definition) is 5. The molecule has 1 aromatic carbocycles. The van der Waals surface area contributed by atoms with E-state index in [1.54, 1.807) is 38.5 Å². The lowest BCUT2D eigenvalue weighted by atomic mass is 9.87. The summed E-state index contributed by atoms with van der Waals surface area (Å²) in [5.41, 5.74) is 0.438. The van der Waals surface area contributed by atoms with E-state index in [-0.39, 0.29) is 29.6 Å². The molecule has 1 saturated heterocycles. The number of likely N-dealkylation sites (tertiary alicyclic amines) is 1. The predicted molar refractivity (Wildman–Crippen MR) is 120 cm³/mol. The quantitative estimate of drug-likeness (QED) is 0.567. The SMILES string of the molecule is COCCNC(=O)C(NC(=O)c1cccc(OC)c1)C1CCN(C(=O)C2CCCC2)CC1. The van der Waals surface area contributed by atoms with Gasteiger partial charge in [0.2, 0.25) is 11.8 Å². The van der Waals surface area contributed by atoms with Crippen LogP contribution in [0.25, 0.3) is 0 Å². The van der Waals surface area contributed by atoms with E-state index in [0.29, 0.717) is 50.4 Å². The van der Waals surface area contributed by atoms with Gasteiger partial charge in [-0.3, -0.25) is 14.4 Å². The van der Waals surface area contributed by atoms with Crippen molar-refractivity contribution in [2.24, 2.45) is 11.8 Å². The maximum atomic E-state index is 12.9. The maximum absolute atomic E-state index is 12.9. The van der Waals surface area contributed by atoms with Gasteiger partial charge < -0.3 is 25.0 Å². The monoisotopic (exact) mass is 445 g/mol. The number of carbonyl (C=O) groups excluding carboxylic acids is 3. The summed E-state index contributed by atoms with van der Waals surface area (Å²) >= 11 is 0. The van der Waals surface area contributed by atoms with Gasteiger partial charge >= 0.3 is 0 Å². The highest BCUT2D eigenvalue weighted by atomic mass is 16.5. The third-order valence-corrected chi connectivity index (χ3v) is 6.53. The lowest BCUT2D eigenvalue weighted by Crippen LogP contribution is -2.54. The Balaban J connectivity index is 1.65. The van der Waals surface area contributed by atoms with Crippen LogP contribution in [0.3, 0.4) is 0 Å². The Morgan fingerprint density at radius 3 is 2.47 bits per heavy atom. The average Bonchev–Trinajstić information content (AvgIpc) is 3.37. The molecule has 1 saturated carbocycles. The van der Waals surface area contributed by atoms with Crippen molar-refractivity contribution in [3.05, 3.63) is 29.8 Å². The lowest BCUT2D eigenvalue weighted by molar-refractivity contribution is -0.137. The van der Waals surface area contributed by atoms with Crippen molar-refractivity contribution in [1.29, 1.82) is 0 Å². The van der Waals surface area contributed by atoms with Crippen LogP contribution in [0, 0.1) is 11.8 Å². The summed E-state index contributed by atoms with van der Waals surface area (Å²) in [6.45, 7) is 2.02. The van der Waals surface area contributed by atoms with Crippen molar-refractivity contribution in [2.45, 2.75) is 44.6 Å². The molecule has 0 spiro atoms. The predicted octanol–water partition coefficient (Wildman–Crippen LogP) is 1.99. The van der Waals surface area contributed by atoms with E-state index in [0.717, 1.165) is 25.7 Å². The minimum atomic E-state index is -0.672. The summed E-state index contributed by atoms with van der Waals surface area (Å²) in [6.07, 6.45) is 5.60. The molecule has 2 N–H and O–H groups in total. The first-order valence-corrected chi connectivity index (χ1v) is 11.5. The van der Waals surface area contributed by atoms with Gasteiger partial charge in [0, 0.05) is 38.2 Å². The summed E-state index contributed by atoms with van der Waals surface area (Å²) in [7, 11) is 3.12. The molecule has 3 rings (SSSR count). The number of nitrogens with zero attached hydrogens (tertiary/aromatic N) is 1. The van der Waals surface area contributed by atoms with Gasteiger partial charge in [-0.25, -0.2) is 0 Å². The largest absolute Gasteiger partial charge is 0.497 e. The minimum Gasteiger partial charge on any atom is -0.497 e. The second-order valence-corrected chi connectivity index (χ2v) is 8.61. The summed E-state index contributed by atoms with van der Waals surface area (Å²) in [5.74, 6) is 0.409. The van der Waals surface area contributed by atoms with Crippen molar-refractivity contribution in [3.8, 4) is 5.75 Å². The Hall–Kier alpha value is -2.61. The third-order valence-electron chi connectivity index (χ3n) is 6.53. The smallest absolute Gasteiger partial charge is 0.252 e. The number of hydrogen-bond donors (Lipinski definition) is 2. The van der Waals surface area contributed by atoms with Gasteiger partial charge in [0.05, 0.1) is 13.7 Å². The van der Waals surface area contributed by atoms with Crippen molar-refractivity contribution in [3.63, 3.8) is 0 Å². The fourth-order valence-electron chi connectivity index (χ4n) is 4.66. The maximum Gasteiger partial charge on any atom is 0.252 e. The number of carbonyl (C=O) groups is 3. The van der Waals surface area contributed by atoms with E-state index in [1.807, 2.05) is 4.90 Å². The number of methoxy groups -OCH3 is 2. The molecule has 3 amide bonds. The minimum absolute atomic E-state index is 0.0419. The van der Waals surface area contributed by atoms with E-state index in [4.69, 9.17) is 9.47 Å². The summed E-state index contributed by atoms with van der Waals surface area (Å²) in [6, 6.07) is 6.19. The molecule has 1 heterocycles. The average molecular weight is 446 g/mol. The van der Waals surface area contributed by atoms with Gasteiger partial charge in [-0.05, 0) is 49.8 Å². The molecular formula is C24H35N3O5. The lowest BCUT2D eigenvalue weighted by Gasteiger charge is -2.36. The highest BCUT2D eigenvalue weighted by molar-refractivity contribution is 5.98. The zero-order chi connectivity index (χ0) is 22.9. The van der Waals surface area contributed by atoms with E-state index in [1.165, 1.54) is 0 Å². The molecule has 1 atom stereocenters. The van der Waals surface area contributed by atoms with Crippen molar-refractivity contribution >= 4 is 17.7 Å². The number of benzene rings is 1. The van der Waals surface area contributed by atoms with Crippen LogP contribution < -0.4 is 15.4 Å². The van der Waals surface area contributed by atoms with Crippen LogP contribution in [0.5, 0.6) is 5.75 Å². The summed E-state index contributed by atoms with van der Waals surface area (Å²) in [5, 5.41) is 5.78. The molecule has 0 bridgehead atoms. The molecule has 1 aromatic rings. The molecule has 176 valence electrons. The molecule has 2 fully saturated rings. The molecule has 1 unspecified atom stereocenters. The second kappa shape index (κ2) is 11.9. The number of rotatable bonds is 9. The first kappa shape index (κ1) is 24.0. The first-order valence-electron chi connectivity index (χ1n) is 11.5.